The molecule has 0 aromatic heterocycles. The van der Waals surface area contributed by atoms with Crippen molar-refractivity contribution >= 4 is 17.3 Å². The Morgan fingerprint density at radius 2 is 1.62 bits per heavy atom. The second kappa shape index (κ2) is 2.98. The Bertz CT molecular complexity index is 568. The van der Waals surface area contributed by atoms with E-state index >= 15 is 0 Å². The molecule has 0 N–H and O–H groups in total. The van der Waals surface area contributed by atoms with Crippen LogP contribution in [0.15, 0.2) is 46.6 Å². The quantitative estimate of drug-likeness (QED) is 0.567. The molecule has 3 nitrogen and oxygen atoms in total. The van der Waals surface area contributed by atoms with E-state index in [2.05, 4.69) is 0 Å². The van der Waals surface area contributed by atoms with Crippen molar-refractivity contribution in [1.82, 2.24) is 0 Å². The van der Waals surface area contributed by atoms with Crippen molar-refractivity contribution in [3.8, 4) is 0 Å². The number of ketones is 3. The maximum atomic E-state index is 11.8. The van der Waals surface area contributed by atoms with Crippen molar-refractivity contribution in [3.63, 3.8) is 0 Å². The van der Waals surface area contributed by atoms with Gasteiger partial charge < -0.3 is 0 Å². The fourth-order valence-electron chi connectivity index (χ4n) is 2.37. The summed E-state index contributed by atoms with van der Waals surface area (Å²) >= 11 is 0. The summed E-state index contributed by atoms with van der Waals surface area (Å²) in [5, 5.41) is 0. The van der Waals surface area contributed by atoms with E-state index in [0.29, 0.717) is 29.6 Å². The van der Waals surface area contributed by atoms with Crippen molar-refractivity contribution in [3.05, 3.63) is 46.6 Å². The normalized spacial score (nSPS) is 23.1. The molecule has 16 heavy (non-hydrogen) atoms. The number of carbonyl (C=O) groups excluding carboxylic acids is 3. The predicted octanol–water partition coefficient (Wildman–Crippen LogP) is 1.22. The Morgan fingerprint density at radius 1 is 0.875 bits per heavy atom. The minimum Gasteiger partial charge on any atom is -0.294 e. The van der Waals surface area contributed by atoms with Gasteiger partial charge in [-0.3, -0.25) is 14.4 Å². The summed E-state index contributed by atoms with van der Waals surface area (Å²) in [5.74, 6) is -0.424. The van der Waals surface area contributed by atoms with Crippen LogP contribution in [-0.4, -0.2) is 17.3 Å². The largest absolute Gasteiger partial charge is 0.294 e. The maximum Gasteiger partial charge on any atom is 0.187 e. The SMILES string of the molecule is O=C1C=CC(=O)C2=C1CC1=C2C(=O)CC=C1. The van der Waals surface area contributed by atoms with Gasteiger partial charge in [0.2, 0.25) is 0 Å². The van der Waals surface area contributed by atoms with E-state index < -0.39 is 0 Å². The van der Waals surface area contributed by atoms with Gasteiger partial charge in [0, 0.05) is 29.6 Å². The summed E-state index contributed by atoms with van der Waals surface area (Å²) in [6, 6.07) is 0. The van der Waals surface area contributed by atoms with Crippen LogP contribution in [0.3, 0.4) is 0 Å². The van der Waals surface area contributed by atoms with Crippen LogP contribution in [0.4, 0.5) is 0 Å². The van der Waals surface area contributed by atoms with Gasteiger partial charge in [-0.25, -0.2) is 0 Å². The van der Waals surface area contributed by atoms with E-state index in [1.165, 1.54) is 12.2 Å². The minimum absolute atomic E-state index is 0.0565. The van der Waals surface area contributed by atoms with Gasteiger partial charge in [0.05, 0.1) is 0 Å². The molecule has 0 radical (unpaired) electrons. The van der Waals surface area contributed by atoms with Gasteiger partial charge in [0.1, 0.15) is 0 Å². The highest BCUT2D eigenvalue weighted by Crippen LogP contribution is 2.39. The lowest BCUT2D eigenvalue weighted by molar-refractivity contribution is -0.116. The number of hydrogen-bond donors (Lipinski definition) is 0. The molecule has 0 fully saturated rings. The smallest absolute Gasteiger partial charge is 0.187 e. The first-order valence-electron chi connectivity index (χ1n) is 5.11. The third kappa shape index (κ3) is 1.05. The topological polar surface area (TPSA) is 51.2 Å². The van der Waals surface area contributed by atoms with Crippen molar-refractivity contribution in [2.75, 3.05) is 0 Å². The van der Waals surface area contributed by atoms with Gasteiger partial charge >= 0.3 is 0 Å². The van der Waals surface area contributed by atoms with Crippen LogP contribution in [0, 0.1) is 0 Å². The zero-order chi connectivity index (χ0) is 11.3. The number of carbonyl (C=O) groups is 3. The van der Waals surface area contributed by atoms with E-state index in [4.69, 9.17) is 0 Å². The van der Waals surface area contributed by atoms with Crippen LogP contribution in [0.1, 0.15) is 12.8 Å². The van der Waals surface area contributed by atoms with E-state index in [-0.39, 0.29) is 17.3 Å². The lowest BCUT2D eigenvalue weighted by atomic mass is 9.90. The van der Waals surface area contributed by atoms with Crippen molar-refractivity contribution in [1.29, 1.82) is 0 Å². The first-order chi connectivity index (χ1) is 7.68. The number of rotatable bonds is 0. The Labute approximate surface area is 91.8 Å². The summed E-state index contributed by atoms with van der Waals surface area (Å²) < 4.78 is 0. The first kappa shape index (κ1) is 9.21. The molecule has 0 aliphatic heterocycles. The number of allylic oxidation sites excluding steroid dienone is 8. The number of Topliss-reactive ketones (excluding diaryl/α,β-unsaturated/α-hetero) is 1. The lowest BCUT2D eigenvalue weighted by Crippen LogP contribution is -2.16. The molecule has 0 saturated heterocycles. The van der Waals surface area contributed by atoms with Crippen molar-refractivity contribution in [2.45, 2.75) is 12.8 Å². The predicted molar refractivity (Wildman–Crippen MR) is 56.6 cm³/mol. The Hall–Kier alpha value is -2.03. The highest BCUT2D eigenvalue weighted by atomic mass is 16.1. The number of hydrogen-bond acceptors (Lipinski definition) is 3. The van der Waals surface area contributed by atoms with Crippen LogP contribution >= 0.6 is 0 Å². The molecule has 0 heterocycles. The molecule has 0 spiro atoms. The van der Waals surface area contributed by atoms with Gasteiger partial charge in [0.25, 0.3) is 0 Å². The van der Waals surface area contributed by atoms with Gasteiger partial charge in [-0.1, -0.05) is 12.2 Å². The molecule has 78 valence electrons. The molecule has 0 aromatic rings. The van der Waals surface area contributed by atoms with E-state index in [1.807, 2.05) is 6.08 Å². The molecular formula is C13H8O3. The lowest BCUT2D eigenvalue weighted by Gasteiger charge is -2.10. The fourth-order valence-corrected chi connectivity index (χ4v) is 2.37. The van der Waals surface area contributed by atoms with Crippen molar-refractivity contribution < 1.29 is 14.4 Å². The molecule has 0 atom stereocenters. The number of fused-ring (bicyclic) bond motifs is 1. The van der Waals surface area contributed by atoms with Gasteiger partial charge in [0.15, 0.2) is 17.3 Å². The minimum atomic E-state index is -0.219. The van der Waals surface area contributed by atoms with E-state index in [9.17, 15) is 14.4 Å². The molecule has 3 rings (SSSR count). The Morgan fingerprint density at radius 3 is 2.44 bits per heavy atom. The van der Waals surface area contributed by atoms with Crippen LogP contribution in [0.25, 0.3) is 0 Å². The standard InChI is InChI=1S/C13H8O3/c14-9-4-5-11(16)13-8(9)6-7-2-1-3-10(15)12(7)13/h1-2,4-5H,3,6H2. The third-order valence-corrected chi connectivity index (χ3v) is 3.07. The average Bonchev–Trinajstić information content (AvgIpc) is 2.65. The van der Waals surface area contributed by atoms with Gasteiger partial charge in [-0.15, -0.1) is 0 Å². The summed E-state index contributed by atoms with van der Waals surface area (Å²) in [6.07, 6.45) is 6.90. The monoisotopic (exact) mass is 212 g/mol. The zero-order valence-corrected chi connectivity index (χ0v) is 8.45. The molecule has 3 aliphatic carbocycles. The molecular weight excluding hydrogens is 204 g/mol. The molecule has 0 aromatic carbocycles. The van der Waals surface area contributed by atoms with Crippen LogP contribution < -0.4 is 0 Å². The van der Waals surface area contributed by atoms with Crippen molar-refractivity contribution in [2.24, 2.45) is 0 Å². The second-order valence-electron chi connectivity index (χ2n) is 4.02. The average molecular weight is 212 g/mol. The summed E-state index contributed by atoms with van der Waals surface area (Å²) in [4.78, 5) is 35.1. The first-order valence-corrected chi connectivity index (χ1v) is 5.11. The van der Waals surface area contributed by atoms with Gasteiger partial charge in [-0.2, -0.15) is 0 Å². The maximum absolute atomic E-state index is 11.8. The highest BCUT2D eigenvalue weighted by Gasteiger charge is 2.36. The molecule has 0 bridgehead atoms. The second-order valence-corrected chi connectivity index (χ2v) is 4.02. The van der Waals surface area contributed by atoms with E-state index in [0.717, 1.165) is 5.57 Å². The van der Waals surface area contributed by atoms with Crippen LogP contribution in [0.5, 0.6) is 0 Å². The molecule has 0 unspecified atom stereocenters. The van der Waals surface area contributed by atoms with Gasteiger partial charge in [-0.05, 0) is 17.7 Å². The Balaban J connectivity index is 2.20. The molecule has 0 saturated carbocycles. The molecule has 3 aliphatic rings. The third-order valence-electron chi connectivity index (χ3n) is 3.07. The Kier molecular flexibility index (Phi) is 1.72. The van der Waals surface area contributed by atoms with Crippen LogP contribution in [-0.2, 0) is 14.4 Å². The fraction of sp³-hybridized carbons (Fsp3) is 0.154. The summed E-state index contributed by atoms with van der Waals surface area (Å²) in [5.41, 5.74) is 2.11. The summed E-state index contributed by atoms with van der Waals surface area (Å²) in [6.45, 7) is 0. The summed E-state index contributed by atoms with van der Waals surface area (Å²) in [7, 11) is 0. The molecule has 3 heteroatoms. The van der Waals surface area contributed by atoms with E-state index in [1.54, 1.807) is 6.08 Å². The zero-order valence-electron chi connectivity index (χ0n) is 8.45. The van der Waals surface area contributed by atoms with Crippen LogP contribution in [0.2, 0.25) is 0 Å². The highest BCUT2D eigenvalue weighted by molar-refractivity contribution is 6.28. The molecule has 0 amide bonds.